The number of rotatable bonds is 0. The molecule has 0 saturated heterocycles. The molecule has 31 valence electrons. The minimum absolute atomic E-state index is 0. The van der Waals surface area contributed by atoms with Crippen LogP contribution < -0.4 is 0 Å². The monoisotopic (exact) mass is 257 g/mol. The molecule has 0 aromatic carbocycles. The average Bonchev–Trinajstić information content (AvgIpc) is 1.00. The van der Waals surface area contributed by atoms with Crippen molar-refractivity contribution in [2.75, 3.05) is 0 Å². The largest absolute Gasteiger partial charge is 0 e. The second kappa shape index (κ2) is 24.5. The molecule has 0 aromatic heterocycles. The van der Waals surface area contributed by atoms with Gasteiger partial charge in [-0.25, -0.2) is 0 Å². The summed E-state index contributed by atoms with van der Waals surface area (Å²) in [7, 11) is 4.57. The van der Waals surface area contributed by atoms with E-state index in [0.717, 1.165) is 0 Å². The normalized spacial score (nSPS) is 1.50. The van der Waals surface area contributed by atoms with E-state index in [0.29, 0.717) is 0 Å². The molecule has 0 bridgehead atoms. The Bertz CT molecular complexity index is 6.00. The van der Waals surface area contributed by atoms with E-state index in [1.807, 2.05) is 17.3 Å². The zero-order chi connectivity index (χ0) is 2.00. The second-order valence-corrected chi connectivity index (χ2v) is 0. The van der Waals surface area contributed by atoms with E-state index in [9.17, 15) is 0 Å². The fourth-order valence-corrected chi connectivity index (χ4v) is 0. The van der Waals surface area contributed by atoms with Crippen molar-refractivity contribution in [2.24, 2.45) is 0 Å². The molecule has 0 radical (unpaired) electrons. The Balaban J connectivity index is -0.00000000500. The van der Waals surface area contributed by atoms with Gasteiger partial charge in [0.2, 0.25) is 0 Å². The Morgan fingerprint density at radius 2 is 1.25 bits per heavy atom. The first-order valence-electron chi connectivity index (χ1n) is 0.134. The van der Waals surface area contributed by atoms with Gasteiger partial charge in [-0.05, 0) is 0 Å². The molecule has 1 nitrogen and oxygen atoms in total. The first-order valence-corrected chi connectivity index (χ1v) is 2.37. The fourth-order valence-electron chi connectivity index (χ4n) is 0. The topological polar surface area (TPSA) is 31.5 Å². The van der Waals surface area contributed by atoms with Gasteiger partial charge in [0.1, 0.15) is 0 Å². The minimum Gasteiger partial charge on any atom is 0 e. The van der Waals surface area contributed by atoms with Gasteiger partial charge in [0.25, 0.3) is 0 Å². The van der Waals surface area contributed by atoms with Crippen LogP contribution in [0, 0.1) is 0 Å². The Kier molecular flexibility index (Phi) is 109. The van der Waals surface area contributed by atoms with Crippen LogP contribution in [0.5, 0.6) is 0 Å². The molecule has 0 amide bonds. The summed E-state index contributed by atoms with van der Waals surface area (Å²) < 4.78 is 0. The summed E-state index contributed by atoms with van der Waals surface area (Å²) in [6.45, 7) is 0. The zero-order valence-electron chi connectivity index (χ0n) is 1.59. The fraction of sp³-hybridized carbons (Fsp3) is 0. The smallest absolute Gasteiger partial charge is 0 e. The summed E-state index contributed by atoms with van der Waals surface area (Å²) in [6, 6.07) is 0. The molecule has 4 heteroatoms. The molecule has 4 heavy (non-hydrogen) atoms. The molecule has 0 aromatic rings. The quantitative estimate of drug-likeness (QED) is 0.540. The molecule has 0 aliphatic rings. The van der Waals surface area contributed by atoms with Gasteiger partial charge in [-0.2, -0.15) is 0 Å². The molecule has 0 saturated carbocycles. The summed E-state index contributed by atoms with van der Waals surface area (Å²) in [4.78, 5) is 0. The first-order chi connectivity index (χ1) is 1.00. The molecule has 0 unspecified atom stereocenters. The standard InChI is InChI=1S/ClH.H2O.2Ru/h1H;1H2;;/q;;;+1/p-1. The summed E-state index contributed by atoms with van der Waals surface area (Å²) in [5.74, 6) is 0. The van der Waals surface area contributed by atoms with E-state index in [1.54, 1.807) is 0 Å². The predicted molar refractivity (Wildman–Crippen MR) is 9.47 cm³/mol. The van der Waals surface area contributed by atoms with Gasteiger partial charge in [0.15, 0.2) is 0 Å². The number of hydrogen-bond acceptors (Lipinski definition) is 0. The third-order valence-electron chi connectivity index (χ3n) is 0. The van der Waals surface area contributed by atoms with Crippen LogP contribution in [-0.2, 0) is 36.8 Å². The van der Waals surface area contributed by atoms with Gasteiger partial charge in [-0.1, -0.05) is 0 Å². The van der Waals surface area contributed by atoms with Crippen molar-refractivity contribution in [1.29, 1.82) is 0 Å². The van der Waals surface area contributed by atoms with Crippen LogP contribution in [0.25, 0.3) is 0 Å². The van der Waals surface area contributed by atoms with Crippen LogP contribution in [0.4, 0.5) is 0 Å². The van der Waals surface area contributed by atoms with Crippen molar-refractivity contribution >= 4 is 9.69 Å². The summed E-state index contributed by atoms with van der Waals surface area (Å²) in [5, 5.41) is 0. The zero-order valence-corrected chi connectivity index (χ0v) is 5.82. The van der Waals surface area contributed by atoms with Crippen LogP contribution in [-0.4, -0.2) is 5.48 Å². The maximum Gasteiger partial charge on any atom is 0 e. The Morgan fingerprint density at radius 3 is 1.25 bits per heavy atom. The summed E-state index contributed by atoms with van der Waals surface area (Å²) >= 11 is 1.82. The van der Waals surface area contributed by atoms with Crippen LogP contribution >= 0.6 is 9.69 Å². The Morgan fingerprint density at radius 1 is 1.25 bits per heavy atom. The summed E-state index contributed by atoms with van der Waals surface area (Å²) in [5.41, 5.74) is 0. The van der Waals surface area contributed by atoms with E-state index in [2.05, 4.69) is 9.69 Å². The SMILES string of the molecule is O.[Cl][Ru].[Ru]. The Labute approximate surface area is 51.9 Å². The predicted octanol–water partition coefficient (Wildman–Crippen LogP) is -0.140. The van der Waals surface area contributed by atoms with Crippen molar-refractivity contribution in [1.82, 2.24) is 0 Å². The second-order valence-electron chi connectivity index (χ2n) is 0. The molecule has 0 heterocycles. The molecule has 0 fully saturated rings. The van der Waals surface area contributed by atoms with E-state index in [1.165, 1.54) is 0 Å². The van der Waals surface area contributed by atoms with E-state index < -0.39 is 0 Å². The van der Waals surface area contributed by atoms with Crippen molar-refractivity contribution in [3.63, 3.8) is 0 Å². The van der Waals surface area contributed by atoms with Crippen LogP contribution in [0.3, 0.4) is 0 Å². The van der Waals surface area contributed by atoms with E-state index in [4.69, 9.17) is 0 Å². The van der Waals surface area contributed by atoms with Crippen LogP contribution in [0.15, 0.2) is 0 Å². The maximum absolute atomic E-state index is 4.57. The number of halogens is 1. The van der Waals surface area contributed by atoms with Crippen molar-refractivity contribution in [3.05, 3.63) is 0 Å². The van der Waals surface area contributed by atoms with Crippen molar-refractivity contribution in [2.45, 2.75) is 0 Å². The van der Waals surface area contributed by atoms with Gasteiger partial charge in [0, 0.05) is 19.5 Å². The Hall–Kier alpha value is 1.50. The minimum atomic E-state index is 0. The first kappa shape index (κ1) is 17.8. The average molecular weight is 256 g/mol. The molecule has 0 aliphatic carbocycles. The number of hydrogen-bond donors (Lipinski definition) is 0. The third-order valence-corrected chi connectivity index (χ3v) is 0. The van der Waals surface area contributed by atoms with Gasteiger partial charge < -0.3 is 5.48 Å². The van der Waals surface area contributed by atoms with E-state index in [-0.39, 0.29) is 25.0 Å². The molecular weight excluding hydrogens is 254 g/mol. The summed E-state index contributed by atoms with van der Waals surface area (Å²) in [6.07, 6.45) is 0. The molecule has 2 N–H and O–H groups in total. The van der Waals surface area contributed by atoms with Gasteiger partial charge in [-0.3, -0.25) is 0 Å². The van der Waals surface area contributed by atoms with Gasteiger partial charge in [0.05, 0.1) is 0 Å². The van der Waals surface area contributed by atoms with E-state index >= 15 is 0 Å². The van der Waals surface area contributed by atoms with Crippen LogP contribution in [0.2, 0.25) is 0 Å². The molecule has 0 aliphatic heterocycles. The third kappa shape index (κ3) is 9.73. The maximum atomic E-state index is 4.57. The molecular formula is H2ClORu2. The van der Waals surface area contributed by atoms with Crippen molar-refractivity contribution in [3.8, 4) is 0 Å². The molecule has 0 rings (SSSR count). The molecule has 0 atom stereocenters. The molecule has 0 spiro atoms. The van der Waals surface area contributed by atoms with Crippen molar-refractivity contribution < 1.29 is 42.3 Å². The van der Waals surface area contributed by atoms with Gasteiger partial charge >= 0.3 is 27.0 Å². The van der Waals surface area contributed by atoms with Gasteiger partial charge in [-0.15, -0.1) is 0 Å². The van der Waals surface area contributed by atoms with Crippen LogP contribution in [0.1, 0.15) is 0 Å².